The largest absolute Gasteiger partial charge is 0.381 e. The molecule has 1 aliphatic heterocycles. The van der Waals surface area contributed by atoms with Crippen molar-refractivity contribution in [1.29, 1.82) is 0 Å². The van der Waals surface area contributed by atoms with Crippen LogP contribution in [0.2, 0.25) is 0 Å². The summed E-state index contributed by atoms with van der Waals surface area (Å²) in [7, 11) is 1.79. The molecule has 1 saturated heterocycles. The Morgan fingerprint density at radius 2 is 2.11 bits per heavy atom. The van der Waals surface area contributed by atoms with E-state index in [0.29, 0.717) is 24.6 Å². The fraction of sp³-hybridized carbons (Fsp3) is 1.00. The number of rotatable bonds is 7. The van der Waals surface area contributed by atoms with Crippen LogP contribution in [0.3, 0.4) is 0 Å². The molecule has 0 aliphatic carbocycles. The fourth-order valence-electron chi connectivity index (χ4n) is 2.32. The highest BCUT2D eigenvalue weighted by molar-refractivity contribution is 5.85. The molecule has 0 saturated carbocycles. The third kappa shape index (κ3) is 6.34. The van der Waals surface area contributed by atoms with Gasteiger partial charge in [-0.2, -0.15) is 0 Å². The topological polar surface area (TPSA) is 47.7 Å². The van der Waals surface area contributed by atoms with Crippen LogP contribution >= 0.6 is 12.4 Å². The van der Waals surface area contributed by atoms with Gasteiger partial charge < -0.3 is 15.2 Å². The summed E-state index contributed by atoms with van der Waals surface area (Å²) in [5.74, 6) is 0.611. The minimum atomic E-state index is 0. The number of nitrogens with two attached hydrogens (primary N) is 1. The standard InChI is InChI=1S/C13H28N2O2.ClH/c1-11(2)10-17-7-6-15-5-4-13(16-3)8-12(15)9-14;/h11-13H,4-10,14H2,1-3H3;1H. The maximum Gasteiger partial charge on any atom is 0.0599 e. The van der Waals surface area contributed by atoms with E-state index in [9.17, 15) is 0 Å². The highest BCUT2D eigenvalue weighted by Gasteiger charge is 2.26. The second kappa shape index (κ2) is 9.98. The van der Waals surface area contributed by atoms with Gasteiger partial charge in [-0.1, -0.05) is 13.8 Å². The molecular formula is C13H29ClN2O2. The van der Waals surface area contributed by atoms with Gasteiger partial charge in [0.15, 0.2) is 0 Å². The molecule has 0 bridgehead atoms. The van der Waals surface area contributed by atoms with Crippen LogP contribution in [0.4, 0.5) is 0 Å². The van der Waals surface area contributed by atoms with Crippen molar-refractivity contribution in [3.05, 3.63) is 0 Å². The summed E-state index contributed by atoms with van der Waals surface area (Å²) < 4.78 is 11.0. The summed E-state index contributed by atoms with van der Waals surface area (Å²) in [5.41, 5.74) is 5.82. The summed E-state index contributed by atoms with van der Waals surface area (Å²) in [4.78, 5) is 2.44. The zero-order valence-corrected chi connectivity index (χ0v) is 12.7. The first-order valence-corrected chi connectivity index (χ1v) is 6.72. The SMILES string of the molecule is COC1CCN(CCOCC(C)C)C(CN)C1.Cl. The van der Waals surface area contributed by atoms with E-state index < -0.39 is 0 Å². The van der Waals surface area contributed by atoms with Crippen molar-refractivity contribution in [3.8, 4) is 0 Å². The number of likely N-dealkylation sites (tertiary alicyclic amines) is 1. The van der Waals surface area contributed by atoms with E-state index >= 15 is 0 Å². The first-order valence-electron chi connectivity index (χ1n) is 6.72. The molecule has 2 N–H and O–H groups in total. The first kappa shape index (κ1) is 18.1. The van der Waals surface area contributed by atoms with Crippen molar-refractivity contribution in [3.63, 3.8) is 0 Å². The van der Waals surface area contributed by atoms with Gasteiger partial charge in [0.1, 0.15) is 0 Å². The average Bonchev–Trinajstić information content (AvgIpc) is 2.34. The predicted octanol–water partition coefficient (Wildman–Crippen LogP) is 1.52. The van der Waals surface area contributed by atoms with Gasteiger partial charge >= 0.3 is 0 Å². The zero-order valence-electron chi connectivity index (χ0n) is 11.9. The van der Waals surface area contributed by atoms with Crippen LogP contribution in [0, 0.1) is 5.92 Å². The van der Waals surface area contributed by atoms with E-state index in [1.807, 2.05) is 0 Å². The lowest BCUT2D eigenvalue weighted by Gasteiger charge is -2.38. The fourth-order valence-corrected chi connectivity index (χ4v) is 2.32. The molecule has 0 aromatic rings. The molecule has 0 spiro atoms. The van der Waals surface area contributed by atoms with Gasteiger partial charge in [0.25, 0.3) is 0 Å². The van der Waals surface area contributed by atoms with E-state index in [2.05, 4.69) is 18.7 Å². The second-order valence-electron chi connectivity index (χ2n) is 5.28. The highest BCUT2D eigenvalue weighted by atomic mass is 35.5. The number of hydrogen-bond donors (Lipinski definition) is 1. The molecule has 0 aromatic heterocycles. The van der Waals surface area contributed by atoms with Crippen LogP contribution in [-0.4, -0.2) is 57.0 Å². The van der Waals surface area contributed by atoms with E-state index in [1.54, 1.807) is 7.11 Å². The monoisotopic (exact) mass is 280 g/mol. The van der Waals surface area contributed by atoms with Crippen LogP contribution < -0.4 is 5.73 Å². The third-order valence-corrected chi connectivity index (χ3v) is 3.37. The van der Waals surface area contributed by atoms with Crippen LogP contribution in [0.15, 0.2) is 0 Å². The van der Waals surface area contributed by atoms with Crippen molar-refractivity contribution in [2.24, 2.45) is 11.7 Å². The molecule has 0 amide bonds. The minimum Gasteiger partial charge on any atom is -0.381 e. The molecule has 5 heteroatoms. The van der Waals surface area contributed by atoms with Gasteiger partial charge in [-0.25, -0.2) is 0 Å². The smallest absolute Gasteiger partial charge is 0.0599 e. The van der Waals surface area contributed by atoms with Crippen molar-refractivity contribution in [2.45, 2.75) is 38.8 Å². The van der Waals surface area contributed by atoms with Crippen LogP contribution in [0.1, 0.15) is 26.7 Å². The molecule has 1 rings (SSSR count). The van der Waals surface area contributed by atoms with Gasteiger partial charge in [0, 0.05) is 39.4 Å². The minimum absolute atomic E-state index is 0. The maximum atomic E-state index is 5.82. The van der Waals surface area contributed by atoms with Gasteiger partial charge in [-0.3, -0.25) is 4.90 Å². The molecular weight excluding hydrogens is 252 g/mol. The Hall–Kier alpha value is 0.130. The van der Waals surface area contributed by atoms with Crippen LogP contribution in [0.25, 0.3) is 0 Å². The quantitative estimate of drug-likeness (QED) is 0.719. The van der Waals surface area contributed by atoms with E-state index in [4.69, 9.17) is 15.2 Å². The number of hydrogen-bond acceptors (Lipinski definition) is 4. The van der Waals surface area contributed by atoms with Gasteiger partial charge in [-0.15, -0.1) is 12.4 Å². The summed E-state index contributed by atoms with van der Waals surface area (Å²) in [6.45, 7) is 8.79. The molecule has 1 aliphatic rings. The highest BCUT2D eigenvalue weighted by Crippen LogP contribution is 2.18. The van der Waals surface area contributed by atoms with E-state index in [0.717, 1.165) is 39.1 Å². The summed E-state index contributed by atoms with van der Waals surface area (Å²) in [5, 5.41) is 0. The number of methoxy groups -OCH3 is 1. The van der Waals surface area contributed by atoms with Gasteiger partial charge in [0.05, 0.1) is 12.7 Å². The van der Waals surface area contributed by atoms with Crippen LogP contribution in [0.5, 0.6) is 0 Å². The average molecular weight is 281 g/mol. The summed E-state index contributed by atoms with van der Waals surface area (Å²) >= 11 is 0. The van der Waals surface area contributed by atoms with E-state index in [1.165, 1.54) is 0 Å². The predicted molar refractivity (Wildman–Crippen MR) is 77.4 cm³/mol. The lowest BCUT2D eigenvalue weighted by atomic mass is 9.99. The maximum absolute atomic E-state index is 5.82. The first-order chi connectivity index (χ1) is 8.17. The molecule has 2 atom stereocenters. The summed E-state index contributed by atoms with van der Waals surface area (Å²) in [6, 6.07) is 0.455. The molecule has 18 heavy (non-hydrogen) atoms. The molecule has 1 heterocycles. The summed E-state index contributed by atoms with van der Waals surface area (Å²) in [6.07, 6.45) is 2.55. The Labute approximate surface area is 118 Å². The van der Waals surface area contributed by atoms with E-state index in [-0.39, 0.29) is 12.4 Å². The van der Waals surface area contributed by atoms with Crippen LogP contribution in [-0.2, 0) is 9.47 Å². The van der Waals surface area contributed by atoms with Gasteiger partial charge in [-0.05, 0) is 18.8 Å². The third-order valence-electron chi connectivity index (χ3n) is 3.37. The number of ether oxygens (including phenoxy) is 2. The lowest BCUT2D eigenvalue weighted by molar-refractivity contribution is -0.000815. The number of piperidine rings is 1. The Balaban J connectivity index is 0.00000289. The van der Waals surface area contributed by atoms with Crippen molar-refractivity contribution < 1.29 is 9.47 Å². The van der Waals surface area contributed by atoms with Crippen molar-refractivity contribution in [2.75, 3.05) is 40.0 Å². The van der Waals surface area contributed by atoms with Crippen molar-refractivity contribution in [1.82, 2.24) is 4.90 Å². The lowest BCUT2D eigenvalue weighted by Crippen LogP contribution is -2.49. The molecule has 1 fully saturated rings. The Morgan fingerprint density at radius 3 is 2.67 bits per heavy atom. The van der Waals surface area contributed by atoms with Crippen molar-refractivity contribution >= 4 is 12.4 Å². The molecule has 110 valence electrons. The number of halogens is 1. The Bertz CT molecular complexity index is 205. The Kier molecular flexibility index (Phi) is 10.1. The molecule has 0 aromatic carbocycles. The molecule has 2 unspecified atom stereocenters. The molecule has 0 radical (unpaired) electrons. The number of nitrogens with zero attached hydrogens (tertiary/aromatic N) is 1. The van der Waals surface area contributed by atoms with Gasteiger partial charge in [0.2, 0.25) is 0 Å². The Morgan fingerprint density at radius 1 is 1.39 bits per heavy atom. The zero-order chi connectivity index (χ0) is 12.7. The normalized spacial score (nSPS) is 25.2. The molecule has 4 nitrogen and oxygen atoms in total. The second-order valence-corrected chi connectivity index (χ2v) is 5.28.